The van der Waals surface area contributed by atoms with E-state index in [4.69, 9.17) is 4.42 Å². The zero-order valence-corrected chi connectivity index (χ0v) is 30.9. The summed E-state index contributed by atoms with van der Waals surface area (Å²) in [7, 11) is 0. The molecule has 2 aromatic heterocycles. The van der Waals surface area contributed by atoms with Crippen molar-refractivity contribution >= 4 is 21.8 Å². The van der Waals surface area contributed by atoms with E-state index in [1.807, 2.05) is 6.08 Å². The summed E-state index contributed by atoms with van der Waals surface area (Å²) < 4.78 is 8.54. The summed E-state index contributed by atoms with van der Waals surface area (Å²) in [5.41, 5.74) is 14.5. The van der Waals surface area contributed by atoms with Gasteiger partial charge in [-0.05, 0) is 112 Å². The van der Waals surface area contributed by atoms with Crippen LogP contribution in [-0.2, 0) is 12.8 Å². The molecule has 4 nitrogen and oxygen atoms in total. The monoisotopic (exact) mass is 701 g/mol. The standard InChI is InChI=1S/C50H43N3O/c1-3-12-34-20-30-47-45(32-34)46-33-35(13-4-2)21-31-48(46)53(47)40-28-26-37(27-29-40)42-17-9-11-19-44(42)43-18-10-8-16-41(43)36-22-24-39(25-23-36)50-52-51-49(54-50)38-14-6-5-7-15-38/h5-11,14,16-33,38H,3-4,12-13,15H2,1-2H3. The lowest BCUT2D eigenvalue weighted by molar-refractivity contribution is 0.484. The van der Waals surface area contributed by atoms with E-state index in [0.717, 1.165) is 43.2 Å². The summed E-state index contributed by atoms with van der Waals surface area (Å²) in [4.78, 5) is 0. The molecule has 1 unspecified atom stereocenters. The molecule has 0 saturated heterocycles. The Morgan fingerprint density at radius 2 is 1.11 bits per heavy atom. The van der Waals surface area contributed by atoms with Gasteiger partial charge in [0.25, 0.3) is 0 Å². The molecular weight excluding hydrogens is 659 g/mol. The molecule has 4 heteroatoms. The maximum absolute atomic E-state index is 6.10. The number of benzene rings is 6. The highest BCUT2D eigenvalue weighted by Crippen LogP contribution is 2.40. The van der Waals surface area contributed by atoms with Gasteiger partial charge in [0.2, 0.25) is 11.8 Å². The molecule has 0 fully saturated rings. The molecule has 0 spiro atoms. The van der Waals surface area contributed by atoms with Crippen molar-refractivity contribution in [2.24, 2.45) is 0 Å². The van der Waals surface area contributed by atoms with E-state index in [1.165, 1.54) is 66.4 Å². The Labute approximate surface area is 317 Å². The van der Waals surface area contributed by atoms with Gasteiger partial charge < -0.3 is 8.98 Å². The van der Waals surface area contributed by atoms with Crippen molar-refractivity contribution in [3.8, 4) is 50.5 Å². The van der Waals surface area contributed by atoms with Crippen molar-refractivity contribution in [1.82, 2.24) is 14.8 Å². The van der Waals surface area contributed by atoms with Crippen molar-refractivity contribution in [3.63, 3.8) is 0 Å². The van der Waals surface area contributed by atoms with Crippen LogP contribution in [0.25, 0.3) is 72.3 Å². The van der Waals surface area contributed by atoms with Crippen LogP contribution in [0.2, 0.25) is 0 Å². The van der Waals surface area contributed by atoms with Gasteiger partial charge in [-0.1, -0.05) is 136 Å². The number of fused-ring (bicyclic) bond motifs is 3. The molecule has 2 heterocycles. The predicted octanol–water partition coefficient (Wildman–Crippen LogP) is 13.3. The zero-order chi connectivity index (χ0) is 36.4. The van der Waals surface area contributed by atoms with Crippen LogP contribution in [-0.4, -0.2) is 14.8 Å². The Morgan fingerprint density at radius 3 is 1.65 bits per heavy atom. The van der Waals surface area contributed by atoms with E-state index in [0.29, 0.717) is 11.8 Å². The molecule has 0 bridgehead atoms. The molecule has 0 amide bonds. The molecule has 1 aliphatic carbocycles. The van der Waals surface area contributed by atoms with Crippen LogP contribution in [0, 0.1) is 0 Å². The number of rotatable bonds is 10. The minimum Gasteiger partial charge on any atom is -0.420 e. The average Bonchev–Trinajstić information content (AvgIpc) is 3.85. The third-order valence-corrected chi connectivity index (χ3v) is 10.7. The van der Waals surface area contributed by atoms with Crippen molar-refractivity contribution in [3.05, 3.63) is 175 Å². The van der Waals surface area contributed by atoms with E-state index >= 15 is 0 Å². The quantitative estimate of drug-likeness (QED) is 0.143. The third-order valence-electron chi connectivity index (χ3n) is 10.7. The predicted molar refractivity (Wildman–Crippen MR) is 224 cm³/mol. The van der Waals surface area contributed by atoms with Gasteiger partial charge in [-0.2, -0.15) is 0 Å². The lowest BCUT2D eigenvalue weighted by Gasteiger charge is -2.16. The van der Waals surface area contributed by atoms with Gasteiger partial charge in [0.05, 0.1) is 17.0 Å². The number of nitrogens with zero attached hydrogens (tertiary/aromatic N) is 3. The molecule has 54 heavy (non-hydrogen) atoms. The summed E-state index contributed by atoms with van der Waals surface area (Å²) in [6.07, 6.45) is 13.7. The maximum atomic E-state index is 6.10. The minimum absolute atomic E-state index is 0.130. The molecule has 0 saturated carbocycles. The fraction of sp³-hybridized carbons (Fsp3) is 0.160. The van der Waals surface area contributed by atoms with Crippen LogP contribution in [0.5, 0.6) is 0 Å². The summed E-state index contributed by atoms with van der Waals surface area (Å²) >= 11 is 0. The Balaban J connectivity index is 1.05. The summed E-state index contributed by atoms with van der Waals surface area (Å²) in [6, 6.07) is 49.1. The van der Waals surface area contributed by atoms with Crippen molar-refractivity contribution in [2.75, 3.05) is 0 Å². The van der Waals surface area contributed by atoms with Gasteiger partial charge in [-0.15, -0.1) is 10.2 Å². The summed E-state index contributed by atoms with van der Waals surface area (Å²) in [6.45, 7) is 4.51. The number of aryl methyl sites for hydroxylation is 2. The van der Waals surface area contributed by atoms with Gasteiger partial charge in [0.15, 0.2) is 0 Å². The smallest absolute Gasteiger partial charge is 0.247 e. The highest BCUT2D eigenvalue weighted by Gasteiger charge is 2.19. The second kappa shape index (κ2) is 14.6. The largest absolute Gasteiger partial charge is 0.420 e. The fourth-order valence-electron chi connectivity index (χ4n) is 8.07. The Bertz CT molecular complexity index is 2590. The van der Waals surface area contributed by atoms with E-state index in [-0.39, 0.29) is 5.92 Å². The van der Waals surface area contributed by atoms with Gasteiger partial charge in [-0.3, -0.25) is 0 Å². The summed E-state index contributed by atoms with van der Waals surface area (Å²) in [5, 5.41) is 11.4. The molecular formula is C50H43N3O. The maximum Gasteiger partial charge on any atom is 0.247 e. The normalized spacial score (nSPS) is 14.0. The van der Waals surface area contributed by atoms with Gasteiger partial charge >= 0.3 is 0 Å². The fourth-order valence-corrected chi connectivity index (χ4v) is 8.07. The van der Waals surface area contributed by atoms with Crippen molar-refractivity contribution in [1.29, 1.82) is 0 Å². The number of aromatic nitrogens is 3. The van der Waals surface area contributed by atoms with Gasteiger partial charge in [-0.25, -0.2) is 0 Å². The molecule has 1 aliphatic rings. The number of allylic oxidation sites excluding steroid dienone is 4. The highest BCUT2D eigenvalue weighted by atomic mass is 16.4. The van der Waals surface area contributed by atoms with Crippen LogP contribution in [0.3, 0.4) is 0 Å². The van der Waals surface area contributed by atoms with Crippen molar-refractivity contribution in [2.45, 2.75) is 51.9 Å². The molecule has 264 valence electrons. The first-order valence-corrected chi connectivity index (χ1v) is 19.3. The van der Waals surface area contributed by atoms with Crippen LogP contribution < -0.4 is 0 Å². The average molecular weight is 702 g/mol. The van der Waals surface area contributed by atoms with E-state index < -0.39 is 0 Å². The summed E-state index contributed by atoms with van der Waals surface area (Å²) in [5.74, 6) is 1.33. The molecule has 0 radical (unpaired) electrons. The molecule has 6 aromatic carbocycles. The minimum atomic E-state index is 0.130. The zero-order valence-electron chi connectivity index (χ0n) is 30.9. The van der Waals surface area contributed by atoms with Gasteiger partial charge in [0, 0.05) is 22.0 Å². The van der Waals surface area contributed by atoms with Gasteiger partial charge in [0.1, 0.15) is 0 Å². The molecule has 8 aromatic rings. The van der Waals surface area contributed by atoms with Crippen LogP contribution in [0.15, 0.2) is 162 Å². The SMILES string of the molecule is CCCc1ccc2c(c1)c1cc(CCC)ccc1n2-c1ccc(-c2ccccc2-c2ccccc2-c2ccc(-c3nnc(C4C=CC=CC4)o3)cc2)cc1. The second-order valence-corrected chi connectivity index (χ2v) is 14.4. The molecule has 0 aliphatic heterocycles. The number of hydrogen-bond donors (Lipinski definition) is 0. The second-order valence-electron chi connectivity index (χ2n) is 14.4. The molecule has 0 N–H and O–H groups in total. The topological polar surface area (TPSA) is 43.9 Å². The molecule has 9 rings (SSSR count). The lowest BCUT2D eigenvalue weighted by atomic mass is 9.89. The van der Waals surface area contributed by atoms with Crippen LogP contribution in [0.1, 0.15) is 56.0 Å². The van der Waals surface area contributed by atoms with Crippen LogP contribution >= 0.6 is 0 Å². The Kier molecular flexibility index (Phi) is 9.10. The number of hydrogen-bond acceptors (Lipinski definition) is 3. The third kappa shape index (κ3) is 6.28. The first-order valence-electron chi connectivity index (χ1n) is 19.3. The Morgan fingerprint density at radius 1 is 0.574 bits per heavy atom. The first kappa shape index (κ1) is 33.6. The molecule has 1 atom stereocenters. The van der Waals surface area contributed by atoms with E-state index in [9.17, 15) is 0 Å². The van der Waals surface area contributed by atoms with Crippen LogP contribution in [0.4, 0.5) is 0 Å². The Hall–Kier alpha value is -6.26. The first-order chi connectivity index (χ1) is 26.7. The van der Waals surface area contributed by atoms with E-state index in [1.54, 1.807) is 0 Å². The lowest BCUT2D eigenvalue weighted by Crippen LogP contribution is -1.96. The van der Waals surface area contributed by atoms with Crippen molar-refractivity contribution < 1.29 is 4.42 Å². The van der Waals surface area contributed by atoms with E-state index in [2.05, 4.69) is 180 Å². The highest BCUT2D eigenvalue weighted by molar-refractivity contribution is 6.09.